The molecule has 0 saturated heterocycles. The molecule has 0 radical (unpaired) electrons. The molecule has 0 bridgehead atoms. The molecule has 5 rings (SSSR count). The van der Waals surface area contributed by atoms with E-state index < -0.39 is 6.17 Å². The second-order valence-electron chi connectivity index (χ2n) is 7.14. The van der Waals surface area contributed by atoms with E-state index in [-0.39, 0.29) is 5.91 Å². The molecule has 2 aliphatic rings. The van der Waals surface area contributed by atoms with Gasteiger partial charge in [0.05, 0.1) is 12.0 Å². The van der Waals surface area contributed by atoms with Crippen LogP contribution in [0.25, 0.3) is 16.5 Å². The second-order valence-corrected chi connectivity index (χ2v) is 8.39. The first-order valence-electron chi connectivity index (χ1n) is 10.3. The first kappa shape index (κ1) is 19.6. The van der Waals surface area contributed by atoms with Crippen LogP contribution in [0.3, 0.4) is 0 Å². The van der Waals surface area contributed by atoms with Crippen LogP contribution in [-0.4, -0.2) is 28.4 Å². The Kier molecular flexibility index (Phi) is 5.11. The minimum atomic E-state index is -0.518. The van der Waals surface area contributed by atoms with Crippen molar-refractivity contribution in [2.45, 2.75) is 20.0 Å². The largest absolute Gasteiger partial charge is 0.493 e. The molecule has 0 unspecified atom stereocenters. The van der Waals surface area contributed by atoms with Gasteiger partial charge in [-0.05, 0) is 35.6 Å². The van der Waals surface area contributed by atoms with E-state index in [1.165, 1.54) is 11.8 Å². The fraction of sp³-hybridized carbons (Fsp3) is 0.208. The normalized spacial score (nSPS) is 17.4. The predicted molar refractivity (Wildman–Crippen MR) is 124 cm³/mol. The summed E-state index contributed by atoms with van der Waals surface area (Å²) in [5.41, 5.74) is 1.41. The first-order valence-corrected chi connectivity index (χ1v) is 11.3. The Morgan fingerprint density at radius 3 is 2.71 bits per heavy atom. The van der Waals surface area contributed by atoms with Gasteiger partial charge < -0.3 is 4.74 Å². The fourth-order valence-corrected chi connectivity index (χ4v) is 4.62. The van der Waals surface area contributed by atoms with E-state index in [9.17, 15) is 4.79 Å². The van der Waals surface area contributed by atoms with Gasteiger partial charge in [0.2, 0.25) is 0 Å². The Labute approximate surface area is 184 Å². The van der Waals surface area contributed by atoms with Crippen LogP contribution in [0, 0.1) is 0 Å². The number of fused-ring (bicyclic) bond motifs is 3. The molecule has 2 heterocycles. The summed E-state index contributed by atoms with van der Waals surface area (Å²) in [6.45, 7) is 4.53. The molecule has 0 aromatic heterocycles. The maximum Gasteiger partial charge on any atom is 0.276 e. The summed E-state index contributed by atoms with van der Waals surface area (Å²) < 4.78 is 6.02. The maximum absolute atomic E-state index is 13.2. The van der Waals surface area contributed by atoms with Crippen molar-refractivity contribution in [3.63, 3.8) is 0 Å². The number of para-hydroxylation sites is 1. The number of hydrogen-bond acceptors (Lipinski definition) is 6. The average Bonchev–Trinajstić information content (AvgIpc) is 2.79. The van der Waals surface area contributed by atoms with Crippen LogP contribution in [0.1, 0.15) is 25.6 Å². The third-order valence-corrected chi connectivity index (χ3v) is 6.03. The summed E-state index contributed by atoms with van der Waals surface area (Å²) in [5, 5.41) is 13.7. The first-order chi connectivity index (χ1) is 15.2. The lowest BCUT2D eigenvalue weighted by molar-refractivity contribution is -0.116. The lowest BCUT2D eigenvalue weighted by Gasteiger charge is -2.35. The number of hydrazone groups is 1. The van der Waals surface area contributed by atoms with E-state index in [1.54, 1.807) is 5.01 Å². The zero-order valence-corrected chi connectivity index (χ0v) is 18.1. The number of amides is 1. The van der Waals surface area contributed by atoms with E-state index in [4.69, 9.17) is 14.8 Å². The number of thioether (sulfide) groups is 1. The minimum absolute atomic E-state index is 0.170. The van der Waals surface area contributed by atoms with Crippen LogP contribution in [0.4, 0.5) is 0 Å². The highest BCUT2D eigenvalue weighted by molar-refractivity contribution is 8.13. The zero-order valence-electron chi connectivity index (χ0n) is 17.3. The molecule has 0 saturated carbocycles. The SMILES string of the molecule is CCOc1ccc2ccccc2c1[C@H]1N=c2ccccc2=C2C(=O)NC(SCC)=NN21. The lowest BCUT2D eigenvalue weighted by atomic mass is 9.99. The van der Waals surface area contributed by atoms with E-state index >= 15 is 0 Å². The Balaban J connectivity index is 1.82. The van der Waals surface area contributed by atoms with E-state index in [0.29, 0.717) is 17.5 Å². The zero-order chi connectivity index (χ0) is 21.4. The van der Waals surface area contributed by atoms with Gasteiger partial charge in [-0.3, -0.25) is 15.1 Å². The molecule has 0 aliphatic carbocycles. The Bertz CT molecular complexity index is 1330. The van der Waals surface area contributed by atoms with Crippen LogP contribution in [-0.2, 0) is 4.79 Å². The quantitative estimate of drug-likeness (QED) is 0.691. The summed E-state index contributed by atoms with van der Waals surface area (Å²) in [6, 6.07) is 19.9. The molecule has 1 atom stereocenters. The third kappa shape index (κ3) is 3.35. The van der Waals surface area contributed by atoms with Gasteiger partial charge in [-0.25, -0.2) is 5.01 Å². The molecule has 3 aromatic rings. The highest BCUT2D eigenvalue weighted by Gasteiger charge is 2.36. The summed E-state index contributed by atoms with van der Waals surface area (Å²) in [6.07, 6.45) is -0.518. The van der Waals surface area contributed by atoms with Crippen molar-refractivity contribution in [2.75, 3.05) is 12.4 Å². The van der Waals surface area contributed by atoms with Crippen molar-refractivity contribution >= 4 is 39.3 Å². The smallest absolute Gasteiger partial charge is 0.276 e. The third-order valence-electron chi connectivity index (χ3n) is 5.29. The number of carbonyl (C=O) groups is 1. The van der Waals surface area contributed by atoms with Gasteiger partial charge in [-0.2, -0.15) is 0 Å². The van der Waals surface area contributed by atoms with E-state index in [1.807, 2.05) is 56.3 Å². The van der Waals surface area contributed by atoms with E-state index in [0.717, 1.165) is 38.4 Å². The van der Waals surface area contributed by atoms with Gasteiger partial charge in [-0.15, -0.1) is 5.10 Å². The van der Waals surface area contributed by atoms with Crippen LogP contribution < -0.4 is 20.6 Å². The monoisotopic (exact) mass is 430 g/mol. The Hall–Kier alpha value is -3.32. The van der Waals surface area contributed by atoms with Crippen LogP contribution >= 0.6 is 11.8 Å². The number of benzene rings is 3. The van der Waals surface area contributed by atoms with Gasteiger partial charge in [-0.1, -0.05) is 67.2 Å². The number of rotatable bonds is 4. The Morgan fingerprint density at radius 2 is 1.87 bits per heavy atom. The molecule has 0 fully saturated rings. The maximum atomic E-state index is 13.2. The predicted octanol–water partition coefficient (Wildman–Crippen LogP) is 3.13. The van der Waals surface area contributed by atoms with Gasteiger partial charge in [0.25, 0.3) is 5.91 Å². The van der Waals surface area contributed by atoms with Gasteiger partial charge in [0.1, 0.15) is 11.4 Å². The molecule has 2 aliphatic heterocycles. The highest BCUT2D eigenvalue weighted by Crippen LogP contribution is 2.40. The molecule has 0 spiro atoms. The summed E-state index contributed by atoms with van der Waals surface area (Å²) in [5.74, 6) is 1.38. The van der Waals surface area contributed by atoms with Crippen molar-refractivity contribution in [2.24, 2.45) is 10.1 Å². The number of hydrogen-bond donors (Lipinski definition) is 1. The number of ether oxygens (including phenoxy) is 1. The van der Waals surface area contributed by atoms with Crippen LogP contribution in [0.15, 0.2) is 70.8 Å². The molecule has 156 valence electrons. The molecule has 6 nitrogen and oxygen atoms in total. The van der Waals surface area contributed by atoms with Crippen molar-refractivity contribution in [3.8, 4) is 5.75 Å². The fourth-order valence-electron chi connectivity index (χ4n) is 4.04. The molecular formula is C24H22N4O2S. The van der Waals surface area contributed by atoms with Crippen molar-refractivity contribution < 1.29 is 9.53 Å². The van der Waals surface area contributed by atoms with Crippen molar-refractivity contribution in [3.05, 3.63) is 76.8 Å². The van der Waals surface area contributed by atoms with Crippen LogP contribution in [0.5, 0.6) is 5.75 Å². The van der Waals surface area contributed by atoms with E-state index in [2.05, 4.69) is 23.5 Å². The molecule has 3 aromatic carbocycles. The minimum Gasteiger partial charge on any atom is -0.493 e. The van der Waals surface area contributed by atoms with Gasteiger partial charge in [0, 0.05) is 10.8 Å². The highest BCUT2D eigenvalue weighted by atomic mass is 32.2. The summed E-state index contributed by atoms with van der Waals surface area (Å²) in [4.78, 5) is 18.2. The lowest BCUT2D eigenvalue weighted by Crippen LogP contribution is -2.50. The average molecular weight is 431 g/mol. The summed E-state index contributed by atoms with van der Waals surface area (Å²) in [7, 11) is 0. The van der Waals surface area contributed by atoms with Gasteiger partial charge in [0.15, 0.2) is 11.3 Å². The number of carbonyl (C=O) groups excluding carboxylic acids is 1. The topological polar surface area (TPSA) is 66.3 Å². The van der Waals surface area contributed by atoms with Crippen LogP contribution in [0.2, 0.25) is 0 Å². The summed E-state index contributed by atoms with van der Waals surface area (Å²) >= 11 is 1.50. The number of nitrogens with zero attached hydrogens (tertiary/aromatic N) is 3. The molecule has 1 amide bonds. The molecular weight excluding hydrogens is 408 g/mol. The molecule has 1 N–H and O–H groups in total. The molecule has 31 heavy (non-hydrogen) atoms. The van der Waals surface area contributed by atoms with Gasteiger partial charge >= 0.3 is 0 Å². The molecule has 7 heteroatoms. The number of nitrogens with one attached hydrogen (secondary N) is 1. The van der Waals surface area contributed by atoms with Crippen molar-refractivity contribution in [1.29, 1.82) is 0 Å². The van der Waals surface area contributed by atoms with Crippen molar-refractivity contribution in [1.82, 2.24) is 10.3 Å². The standard InChI is InChI=1S/C24H22N4O2S/c1-3-30-19-14-13-15-9-5-6-10-16(15)20(19)22-25-18-12-8-7-11-17(18)21-23(29)26-24(31-4-2)27-28(21)22/h5-14,22H,3-4H2,1-2H3,(H,26,27,29)/t22-/m0/s1. The number of amidine groups is 1. The second kappa shape index (κ2) is 8.07. The Morgan fingerprint density at radius 1 is 1.06 bits per heavy atom.